The summed E-state index contributed by atoms with van der Waals surface area (Å²) >= 11 is 0. The molecular formula is C26H25N4O4+. The van der Waals surface area contributed by atoms with Gasteiger partial charge in [-0.05, 0) is 56.0 Å². The monoisotopic (exact) mass is 457 g/mol. The molecule has 8 heteroatoms. The molecule has 2 aliphatic rings. The summed E-state index contributed by atoms with van der Waals surface area (Å²) in [6.45, 7) is 4.97. The van der Waals surface area contributed by atoms with Crippen LogP contribution in [-0.2, 0) is 11.2 Å². The molecule has 0 bridgehead atoms. The molecule has 1 aliphatic carbocycles. The fraction of sp³-hybridized carbons (Fsp3) is 0.346. The molecule has 1 aromatic heterocycles. The van der Waals surface area contributed by atoms with Crippen LogP contribution in [0, 0.1) is 17.2 Å². The maximum absolute atomic E-state index is 11.1. The molecule has 1 aliphatic heterocycles. The van der Waals surface area contributed by atoms with Crippen LogP contribution >= 0.6 is 0 Å². The Bertz CT molecular complexity index is 1330. The highest BCUT2D eigenvalue weighted by atomic mass is 16.5. The van der Waals surface area contributed by atoms with Crippen molar-refractivity contribution in [3.05, 3.63) is 53.1 Å². The smallest absolute Gasteiger partial charge is 0.319 e. The van der Waals surface area contributed by atoms with Crippen LogP contribution in [0.3, 0.4) is 0 Å². The van der Waals surface area contributed by atoms with Crippen LogP contribution in [0.25, 0.3) is 22.8 Å². The third-order valence-corrected chi connectivity index (χ3v) is 6.34. The molecule has 5 rings (SSSR count). The topological polar surface area (TPSA) is 112 Å². The van der Waals surface area contributed by atoms with Crippen LogP contribution in [0.2, 0.25) is 0 Å². The number of hydrogen-bond acceptors (Lipinski definition) is 6. The summed E-state index contributed by atoms with van der Waals surface area (Å²) in [5.41, 5.74) is 4.45. The van der Waals surface area contributed by atoms with Crippen molar-refractivity contribution < 1.29 is 23.7 Å². The Labute approximate surface area is 197 Å². The fourth-order valence-electron chi connectivity index (χ4n) is 4.65. The van der Waals surface area contributed by atoms with E-state index in [4.69, 9.17) is 14.4 Å². The summed E-state index contributed by atoms with van der Waals surface area (Å²) < 4.78 is 13.3. The zero-order valence-corrected chi connectivity index (χ0v) is 19.1. The largest absolute Gasteiger partial charge is 0.490 e. The van der Waals surface area contributed by atoms with Crippen LogP contribution in [-0.4, -0.2) is 51.2 Å². The summed E-state index contributed by atoms with van der Waals surface area (Å²) in [5.74, 6) is 0.651. The number of hydrogen-bond donors (Lipinski definition) is 1. The van der Waals surface area contributed by atoms with Crippen molar-refractivity contribution in [1.82, 2.24) is 10.1 Å². The number of carboxylic acid groups (broad SMARTS) is 1. The van der Waals surface area contributed by atoms with Gasteiger partial charge in [0.05, 0.1) is 17.6 Å². The number of benzene rings is 2. The lowest BCUT2D eigenvalue weighted by molar-refractivity contribution is -0.595. The van der Waals surface area contributed by atoms with E-state index in [0.717, 1.165) is 18.4 Å². The number of aromatic nitrogens is 2. The second-order valence-corrected chi connectivity index (χ2v) is 9.07. The number of nitriles is 1. The quantitative estimate of drug-likeness (QED) is 0.559. The summed E-state index contributed by atoms with van der Waals surface area (Å²) in [4.78, 5) is 15.7. The predicted molar refractivity (Wildman–Crippen MR) is 124 cm³/mol. The van der Waals surface area contributed by atoms with E-state index in [1.165, 1.54) is 11.1 Å². The summed E-state index contributed by atoms with van der Waals surface area (Å²) in [5, 5.41) is 22.8. The number of ether oxygens (including phenoxy) is 1. The lowest BCUT2D eigenvalue weighted by Crippen LogP contribution is -2.45. The highest BCUT2D eigenvalue weighted by Crippen LogP contribution is 2.38. The minimum Gasteiger partial charge on any atom is -0.490 e. The van der Waals surface area contributed by atoms with Crippen LogP contribution in [0.4, 0.5) is 0 Å². The van der Waals surface area contributed by atoms with Crippen molar-refractivity contribution >= 4 is 12.2 Å². The van der Waals surface area contributed by atoms with Gasteiger partial charge in [0.1, 0.15) is 18.0 Å². The molecule has 0 radical (unpaired) electrons. The molecule has 1 atom stereocenters. The number of carboxylic acids is 1. The van der Waals surface area contributed by atoms with Crippen molar-refractivity contribution in [2.45, 2.75) is 38.7 Å². The molecule has 172 valence electrons. The lowest BCUT2D eigenvalue weighted by Gasteiger charge is -2.20. The average molecular weight is 458 g/mol. The first-order valence-electron chi connectivity index (χ1n) is 11.4. The van der Waals surface area contributed by atoms with Crippen LogP contribution in [0.15, 0.2) is 40.9 Å². The Balaban J connectivity index is 1.40. The highest BCUT2D eigenvalue weighted by Gasteiger charge is 2.38. The number of nitrogens with zero attached hydrogens (tertiary/aromatic N) is 4. The summed E-state index contributed by atoms with van der Waals surface area (Å²) in [6.07, 6.45) is 4.00. The molecule has 0 spiro atoms. The van der Waals surface area contributed by atoms with Gasteiger partial charge in [-0.2, -0.15) is 10.2 Å². The van der Waals surface area contributed by atoms with Crippen LogP contribution < -0.4 is 4.74 Å². The van der Waals surface area contributed by atoms with Gasteiger partial charge in [0.15, 0.2) is 19.0 Å². The average Bonchev–Trinajstić information content (AvgIpc) is 3.43. The maximum atomic E-state index is 11.1. The Morgan fingerprint density at radius 2 is 2.15 bits per heavy atom. The molecular weight excluding hydrogens is 432 g/mol. The van der Waals surface area contributed by atoms with Crippen molar-refractivity contribution in [3.8, 4) is 34.7 Å². The van der Waals surface area contributed by atoms with E-state index in [1.54, 1.807) is 12.1 Å². The van der Waals surface area contributed by atoms with E-state index in [9.17, 15) is 10.1 Å². The van der Waals surface area contributed by atoms with E-state index >= 15 is 0 Å². The van der Waals surface area contributed by atoms with Gasteiger partial charge in [-0.25, -0.2) is 4.58 Å². The first-order chi connectivity index (χ1) is 16.4. The molecule has 34 heavy (non-hydrogen) atoms. The second-order valence-electron chi connectivity index (χ2n) is 9.07. The zero-order chi connectivity index (χ0) is 23.8. The number of aliphatic carboxylic acids is 1. The molecule has 0 amide bonds. The third-order valence-electron chi connectivity index (χ3n) is 6.34. The van der Waals surface area contributed by atoms with Gasteiger partial charge in [0.2, 0.25) is 5.82 Å². The molecule has 1 saturated heterocycles. The minimum atomic E-state index is -0.726. The van der Waals surface area contributed by atoms with Gasteiger partial charge >= 0.3 is 5.97 Å². The van der Waals surface area contributed by atoms with Crippen molar-refractivity contribution in [2.24, 2.45) is 5.92 Å². The number of rotatable bonds is 6. The normalized spacial score (nSPS) is 18.8. The van der Waals surface area contributed by atoms with Crippen molar-refractivity contribution in [2.75, 3.05) is 13.1 Å². The van der Waals surface area contributed by atoms with Crippen LogP contribution in [0.5, 0.6) is 5.75 Å². The highest BCUT2D eigenvalue weighted by molar-refractivity contribution is 5.74. The van der Waals surface area contributed by atoms with Gasteiger partial charge in [-0.15, -0.1) is 0 Å². The molecule has 8 nitrogen and oxygen atoms in total. The van der Waals surface area contributed by atoms with Crippen LogP contribution in [0.1, 0.15) is 42.9 Å². The van der Waals surface area contributed by atoms with Gasteiger partial charge in [0, 0.05) is 11.1 Å². The van der Waals surface area contributed by atoms with E-state index in [0.29, 0.717) is 41.7 Å². The SMILES string of the molecule is CC(C)Oc1ccc(-c2nc(-c3cccc4c3CCC4C=[N+]3CC(C(=O)O)C3)no2)cc1C#N. The molecule has 1 N–H and O–H groups in total. The summed E-state index contributed by atoms with van der Waals surface area (Å²) in [7, 11) is 0. The fourth-order valence-corrected chi connectivity index (χ4v) is 4.65. The Morgan fingerprint density at radius 3 is 2.88 bits per heavy atom. The first kappa shape index (κ1) is 21.8. The van der Waals surface area contributed by atoms with Crippen molar-refractivity contribution in [1.29, 1.82) is 5.26 Å². The molecule has 1 unspecified atom stereocenters. The molecule has 2 heterocycles. The van der Waals surface area contributed by atoms with Gasteiger partial charge < -0.3 is 14.4 Å². The van der Waals surface area contributed by atoms with E-state index in [2.05, 4.69) is 33.1 Å². The zero-order valence-electron chi connectivity index (χ0n) is 19.1. The number of carbonyl (C=O) groups is 1. The van der Waals surface area contributed by atoms with E-state index in [1.807, 2.05) is 32.0 Å². The second kappa shape index (κ2) is 8.75. The Morgan fingerprint density at radius 1 is 1.32 bits per heavy atom. The van der Waals surface area contributed by atoms with Gasteiger partial charge in [0.25, 0.3) is 5.89 Å². The van der Waals surface area contributed by atoms with E-state index in [-0.39, 0.29) is 17.9 Å². The maximum Gasteiger partial charge on any atom is 0.319 e. The number of fused-ring (bicyclic) bond motifs is 1. The van der Waals surface area contributed by atoms with Gasteiger partial charge in [-0.1, -0.05) is 23.4 Å². The third kappa shape index (κ3) is 4.05. The Kier molecular flexibility index (Phi) is 5.62. The first-order valence-corrected chi connectivity index (χ1v) is 11.4. The van der Waals surface area contributed by atoms with Gasteiger partial charge in [-0.3, -0.25) is 4.79 Å². The molecule has 0 saturated carbocycles. The molecule has 3 aromatic rings. The minimum absolute atomic E-state index is 0.0334. The Hall–Kier alpha value is -3.99. The summed E-state index contributed by atoms with van der Waals surface area (Å²) in [6, 6.07) is 13.6. The molecule has 1 fully saturated rings. The van der Waals surface area contributed by atoms with Crippen molar-refractivity contribution in [3.63, 3.8) is 0 Å². The molecule has 2 aromatic carbocycles. The standard InChI is InChI=1S/C26H24N4O4/c1-15(2)33-23-9-7-16(10-18(23)11-27)25-28-24(29-34-25)22-5-3-4-20-17(6-8-21(20)22)12-30-13-19(14-30)26(31)32/h3-5,7,9-10,12,15,17,19H,6,8,13-14H2,1-2H3/p+1. The van der Waals surface area contributed by atoms with E-state index < -0.39 is 5.97 Å². The predicted octanol–water partition coefficient (Wildman–Crippen LogP) is 3.89. The lowest BCUT2D eigenvalue weighted by atomic mass is 9.97.